The van der Waals surface area contributed by atoms with E-state index < -0.39 is 10.0 Å². The van der Waals surface area contributed by atoms with Gasteiger partial charge in [-0.05, 0) is 49.9 Å². The molecule has 1 unspecified atom stereocenters. The summed E-state index contributed by atoms with van der Waals surface area (Å²) < 4.78 is 46.6. The Bertz CT molecular complexity index is 1380. The number of methoxy groups -OCH3 is 1. The van der Waals surface area contributed by atoms with E-state index in [1.54, 1.807) is 54.4 Å². The summed E-state index contributed by atoms with van der Waals surface area (Å²) in [6.45, 7) is 5.78. The van der Waals surface area contributed by atoms with E-state index in [-0.39, 0.29) is 18.8 Å². The van der Waals surface area contributed by atoms with Crippen LogP contribution in [-0.2, 0) is 10.0 Å². The summed E-state index contributed by atoms with van der Waals surface area (Å²) in [6, 6.07) is 4.96. The van der Waals surface area contributed by atoms with Gasteiger partial charge in [0.25, 0.3) is 0 Å². The van der Waals surface area contributed by atoms with Gasteiger partial charge in [0.15, 0.2) is 0 Å². The number of hydrogen-bond acceptors (Lipinski definition) is 10. The third-order valence-corrected chi connectivity index (χ3v) is 9.66. The third kappa shape index (κ3) is 6.28. The van der Waals surface area contributed by atoms with Crippen molar-refractivity contribution >= 4 is 16.0 Å². The van der Waals surface area contributed by atoms with Gasteiger partial charge in [0.1, 0.15) is 18.5 Å². The van der Waals surface area contributed by atoms with Gasteiger partial charge >= 0.3 is 0 Å². The molecule has 1 aromatic carbocycles. The lowest BCUT2D eigenvalue weighted by Crippen LogP contribution is -2.47. The Morgan fingerprint density at radius 1 is 0.950 bits per heavy atom. The summed E-state index contributed by atoms with van der Waals surface area (Å²) in [7, 11) is -2.14. The largest absolute Gasteiger partial charge is 0.497 e. The molecule has 1 atom stereocenters. The van der Waals surface area contributed by atoms with E-state index in [1.807, 2.05) is 13.8 Å². The number of aryl methyl sites for hydroxylation is 2. The number of benzene rings is 1. The SMILES string of the molecule is COc1cc(C)c(S(=O)(=O)N2CCCCC2COc2ccnc(N3CCC(Oc4cnccn4)CC3)n2)c(C)c1. The normalized spacial score (nSPS) is 18.9. The molecule has 0 N–H and O–H groups in total. The Morgan fingerprint density at radius 2 is 1.73 bits per heavy atom. The van der Waals surface area contributed by atoms with Gasteiger partial charge in [-0.25, -0.2) is 18.4 Å². The highest BCUT2D eigenvalue weighted by atomic mass is 32.2. The molecule has 2 aromatic heterocycles. The Balaban J connectivity index is 1.23. The van der Waals surface area contributed by atoms with Crippen LogP contribution >= 0.6 is 0 Å². The number of nitrogens with zero attached hydrogens (tertiary/aromatic N) is 6. The van der Waals surface area contributed by atoms with E-state index in [2.05, 4.69) is 24.8 Å². The lowest BCUT2D eigenvalue weighted by atomic mass is 10.1. The molecule has 214 valence electrons. The van der Waals surface area contributed by atoms with Gasteiger partial charge < -0.3 is 19.1 Å². The van der Waals surface area contributed by atoms with Crippen molar-refractivity contribution in [1.29, 1.82) is 0 Å². The molecule has 0 bridgehead atoms. The summed E-state index contributed by atoms with van der Waals surface area (Å²) in [5, 5.41) is 0. The van der Waals surface area contributed by atoms with Crippen LogP contribution in [0.25, 0.3) is 0 Å². The average molecular weight is 569 g/mol. The van der Waals surface area contributed by atoms with Crippen LogP contribution in [0.3, 0.4) is 0 Å². The highest BCUT2D eigenvalue weighted by Crippen LogP contribution is 2.32. The van der Waals surface area contributed by atoms with E-state index in [1.165, 1.54) is 0 Å². The van der Waals surface area contributed by atoms with Gasteiger partial charge in [0.05, 0.1) is 24.2 Å². The molecule has 0 amide bonds. The topological polar surface area (TPSA) is 120 Å². The van der Waals surface area contributed by atoms with E-state index in [9.17, 15) is 8.42 Å². The summed E-state index contributed by atoms with van der Waals surface area (Å²) in [5.41, 5.74) is 1.35. The van der Waals surface area contributed by atoms with Crippen molar-refractivity contribution in [3.05, 3.63) is 54.1 Å². The molecule has 2 saturated heterocycles. The van der Waals surface area contributed by atoms with Crippen molar-refractivity contribution in [1.82, 2.24) is 24.2 Å². The minimum Gasteiger partial charge on any atom is -0.497 e. The van der Waals surface area contributed by atoms with E-state index in [4.69, 9.17) is 14.2 Å². The van der Waals surface area contributed by atoms with Crippen molar-refractivity contribution in [2.24, 2.45) is 0 Å². The van der Waals surface area contributed by atoms with E-state index in [0.29, 0.717) is 46.0 Å². The fourth-order valence-corrected chi connectivity index (χ4v) is 7.54. The van der Waals surface area contributed by atoms with Crippen molar-refractivity contribution in [2.45, 2.75) is 63.0 Å². The molecule has 0 spiro atoms. The zero-order valence-electron chi connectivity index (χ0n) is 23.2. The number of rotatable bonds is 9. The zero-order chi connectivity index (χ0) is 28.1. The smallest absolute Gasteiger partial charge is 0.243 e. The molecule has 4 heterocycles. The molecule has 40 heavy (non-hydrogen) atoms. The molecule has 0 aliphatic carbocycles. The number of aromatic nitrogens is 4. The summed E-state index contributed by atoms with van der Waals surface area (Å²) in [6.07, 6.45) is 10.7. The Hall–Kier alpha value is -3.51. The van der Waals surface area contributed by atoms with Crippen LogP contribution in [0, 0.1) is 13.8 Å². The molecule has 11 nitrogen and oxygen atoms in total. The number of piperidine rings is 2. The van der Waals surface area contributed by atoms with Crippen molar-refractivity contribution in [3.63, 3.8) is 0 Å². The second-order valence-electron chi connectivity index (χ2n) is 10.2. The van der Waals surface area contributed by atoms with E-state index >= 15 is 0 Å². The molecule has 2 fully saturated rings. The first kappa shape index (κ1) is 28.0. The van der Waals surface area contributed by atoms with Gasteiger partial charge in [0, 0.05) is 57.1 Å². The minimum absolute atomic E-state index is 0.0598. The molecule has 3 aromatic rings. The van der Waals surface area contributed by atoms with Crippen LogP contribution in [0.15, 0.2) is 47.9 Å². The summed E-state index contributed by atoms with van der Waals surface area (Å²) in [5.74, 6) is 2.20. The van der Waals surface area contributed by atoms with E-state index in [0.717, 1.165) is 45.2 Å². The van der Waals surface area contributed by atoms with Crippen LogP contribution < -0.4 is 19.1 Å². The maximum atomic E-state index is 13.8. The Kier molecular flexibility index (Phi) is 8.65. The van der Waals surface area contributed by atoms with Crippen molar-refractivity contribution in [3.8, 4) is 17.5 Å². The average Bonchev–Trinajstić information content (AvgIpc) is 2.97. The number of ether oxygens (including phenoxy) is 3. The first-order chi connectivity index (χ1) is 19.3. The predicted molar refractivity (Wildman–Crippen MR) is 149 cm³/mol. The van der Waals surface area contributed by atoms with Gasteiger partial charge in [-0.2, -0.15) is 9.29 Å². The van der Waals surface area contributed by atoms with Crippen molar-refractivity contribution in [2.75, 3.05) is 38.3 Å². The first-order valence-corrected chi connectivity index (χ1v) is 15.1. The number of sulfonamides is 1. The number of hydrogen-bond donors (Lipinski definition) is 0. The van der Waals surface area contributed by atoms with Gasteiger partial charge in [-0.3, -0.25) is 4.98 Å². The van der Waals surface area contributed by atoms with Gasteiger partial charge in [-0.1, -0.05) is 6.42 Å². The van der Waals surface area contributed by atoms with Crippen molar-refractivity contribution < 1.29 is 22.6 Å². The second-order valence-corrected chi connectivity index (χ2v) is 12.0. The molecule has 5 rings (SSSR count). The molecule has 2 aliphatic heterocycles. The van der Waals surface area contributed by atoms with Crippen LogP contribution in [0.2, 0.25) is 0 Å². The second kappa shape index (κ2) is 12.3. The lowest BCUT2D eigenvalue weighted by molar-refractivity contribution is 0.161. The molecule has 2 aliphatic rings. The van der Waals surface area contributed by atoms with Crippen LogP contribution in [0.1, 0.15) is 43.2 Å². The predicted octanol–water partition coefficient (Wildman–Crippen LogP) is 3.56. The molecule has 12 heteroatoms. The van der Waals surface area contributed by atoms with Gasteiger partial charge in [0.2, 0.25) is 27.7 Å². The standard InChI is InChI=1S/C28H36N6O5S/c1-20-16-24(37-3)17-21(2)27(20)40(35,36)34-13-5-4-6-22(34)19-38-25-7-10-31-28(32-25)33-14-8-23(9-15-33)39-26-18-29-11-12-30-26/h7,10-12,16-18,22-23H,4-6,8-9,13-15,19H2,1-3H3. The zero-order valence-corrected chi connectivity index (χ0v) is 24.0. The third-order valence-electron chi connectivity index (χ3n) is 7.40. The molecule has 0 saturated carbocycles. The van der Waals surface area contributed by atoms with Crippen LogP contribution in [-0.4, -0.2) is 78.2 Å². The highest BCUT2D eigenvalue weighted by Gasteiger charge is 2.36. The van der Waals surface area contributed by atoms with Crippen LogP contribution in [0.4, 0.5) is 5.95 Å². The minimum atomic E-state index is -3.72. The molecule has 0 radical (unpaired) electrons. The quantitative estimate of drug-likeness (QED) is 0.379. The maximum absolute atomic E-state index is 13.8. The summed E-state index contributed by atoms with van der Waals surface area (Å²) >= 11 is 0. The number of anilines is 1. The van der Waals surface area contributed by atoms with Crippen LogP contribution in [0.5, 0.6) is 17.5 Å². The molecular formula is C28H36N6O5S. The van der Waals surface area contributed by atoms with Gasteiger partial charge in [-0.15, -0.1) is 0 Å². The first-order valence-electron chi connectivity index (χ1n) is 13.7. The Morgan fingerprint density at radius 3 is 2.42 bits per heavy atom. The maximum Gasteiger partial charge on any atom is 0.243 e. The molecular weight excluding hydrogens is 532 g/mol. The summed E-state index contributed by atoms with van der Waals surface area (Å²) in [4.78, 5) is 19.8. The fourth-order valence-electron chi connectivity index (χ4n) is 5.45. The fraction of sp³-hybridized carbons (Fsp3) is 0.500. The monoisotopic (exact) mass is 568 g/mol. The lowest BCUT2D eigenvalue weighted by Gasteiger charge is -2.35. The highest BCUT2D eigenvalue weighted by molar-refractivity contribution is 7.89. The Labute approximate surface area is 235 Å².